The van der Waals surface area contributed by atoms with E-state index in [9.17, 15) is 8.78 Å². The Kier molecular flexibility index (Phi) is 4.12. The zero-order chi connectivity index (χ0) is 13.8. The summed E-state index contributed by atoms with van der Waals surface area (Å²) >= 11 is 0. The molecule has 0 aliphatic rings. The summed E-state index contributed by atoms with van der Waals surface area (Å²) in [6, 6.07) is 11.2. The first kappa shape index (κ1) is 13.5. The molecule has 0 bridgehead atoms. The molecule has 100 valence electrons. The predicted molar refractivity (Wildman–Crippen MR) is 69.7 cm³/mol. The zero-order valence-electron chi connectivity index (χ0n) is 10.6. The fraction of sp³-hybridized carbons (Fsp3) is 0.200. The average Bonchev–Trinajstić information content (AvgIpc) is 2.41. The van der Waals surface area contributed by atoms with Crippen LogP contribution in [0, 0.1) is 11.6 Å². The lowest BCUT2D eigenvalue weighted by Crippen LogP contribution is -2.05. The van der Waals surface area contributed by atoms with Crippen LogP contribution in [0.5, 0.6) is 5.75 Å². The van der Waals surface area contributed by atoms with Crippen LogP contribution >= 0.6 is 0 Å². The maximum atomic E-state index is 13.4. The Morgan fingerprint density at radius 1 is 1.11 bits per heavy atom. The number of benzene rings is 2. The molecule has 0 heterocycles. The van der Waals surface area contributed by atoms with Gasteiger partial charge in [-0.25, -0.2) is 8.78 Å². The van der Waals surface area contributed by atoms with Gasteiger partial charge in [0.05, 0.1) is 0 Å². The minimum absolute atomic E-state index is 0.0128. The van der Waals surface area contributed by atoms with E-state index in [1.165, 1.54) is 12.1 Å². The molecule has 2 aromatic rings. The number of rotatable bonds is 4. The second-order valence-corrected chi connectivity index (χ2v) is 4.36. The second-order valence-electron chi connectivity index (χ2n) is 4.36. The summed E-state index contributed by atoms with van der Waals surface area (Å²) in [4.78, 5) is 0. The van der Waals surface area contributed by atoms with Gasteiger partial charge in [0.15, 0.2) is 11.6 Å². The summed E-state index contributed by atoms with van der Waals surface area (Å²) in [7, 11) is 0. The molecule has 0 fully saturated rings. The minimum atomic E-state index is -0.867. The lowest BCUT2D eigenvalue weighted by molar-refractivity contribution is 0.297. The van der Waals surface area contributed by atoms with E-state index in [1.807, 2.05) is 19.1 Å². The van der Waals surface area contributed by atoms with Gasteiger partial charge in [0.25, 0.3) is 0 Å². The van der Waals surface area contributed by atoms with Crippen LogP contribution in [-0.4, -0.2) is 0 Å². The van der Waals surface area contributed by atoms with Crippen molar-refractivity contribution in [3.05, 3.63) is 65.2 Å². The lowest BCUT2D eigenvalue weighted by atomic mass is 10.1. The van der Waals surface area contributed by atoms with E-state index in [-0.39, 0.29) is 18.2 Å². The summed E-state index contributed by atoms with van der Waals surface area (Å²) < 4.78 is 31.8. The quantitative estimate of drug-likeness (QED) is 0.915. The maximum Gasteiger partial charge on any atom is 0.165 e. The normalized spacial score (nSPS) is 12.2. The molecule has 19 heavy (non-hydrogen) atoms. The van der Waals surface area contributed by atoms with Gasteiger partial charge in [-0.15, -0.1) is 0 Å². The molecule has 0 radical (unpaired) electrons. The van der Waals surface area contributed by atoms with Gasteiger partial charge in [-0.05, 0) is 30.7 Å². The molecular formula is C15H15F2NO. The third-order valence-electron chi connectivity index (χ3n) is 2.83. The van der Waals surface area contributed by atoms with E-state index < -0.39 is 11.6 Å². The summed E-state index contributed by atoms with van der Waals surface area (Å²) in [5.74, 6) is -1.14. The number of hydrogen-bond donors (Lipinski definition) is 1. The molecule has 0 aliphatic heterocycles. The van der Waals surface area contributed by atoms with Crippen molar-refractivity contribution in [2.45, 2.75) is 19.6 Å². The Hall–Kier alpha value is -1.94. The highest BCUT2D eigenvalue weighted by molar-refractivity contribution is 5.29. The van der Waals surface area contributed by atoms with Crippen molar-refractivity contribution in [2.24, 2.45) is 5.73 Å². The van der Waals surface area contributed by atoms with Crippen molar-refractivity contribution in [1.29, 1.82) is 0 Å². The minimum Gasteiger partial charge on any atom is -0.489 e. The van der Waals surface area contributed by atoms with Crippen LogP contribution in [0.15, 0.2) is 42.5 Å². The van der Waals surface area contributed by atoms with Crippen molar-refractivity contribution in [1.82, 2.24) is 0 Å². The van der Waals surface area contributed by atoms with Gasteiger partial charge in [-0.1, -0.05) is 24.3 Å². The molecule has 1 unspecified atom stereocenters. The van der Waals surface area contributed by atoms with Crippen molar-refractivity contribution in [3.63, 3.8) is 0 Å². The molecular weight excluding hydrogens is 248 g/mol. The zero-order valence-corrected chi connectivity index (χ0v) is 10.6. The molecule has 0 aromatic heterocycles. The van der Waals surface area contributed by atoms with E-state index in [0.29, 0.717) is 5.75 Å². The van der Waals surface area contributed by atoms with Crippen LogP contribution in [0.2, 0.25) is 0 Å². The molecule has 2 nitrogen and oxygen atoms in total. The number of hydrogen-bond acceptors (Lipinski definition) is 2. The van der Waals surface area contributed by atoms with Crippen LogP contribution in [-0.2, 0) is 6.61 Å². The molecule has 0 saturated heterocycles. The van der Waals surface area contributed by atoms with Crippen LogP contribution in [0.3, 0.4) is 0 Å². The fourth-order valence-corrected chi connectivity index (χ4v) is 1.69. The van der Waals surface area contributed by atoms with Crippen LogP contribution in [0.1, 0.15) is 24.1 Å². The Morgan fingerprint density at radius 3 is 2.42 bits per heavy atom. The highest BCUT2D eigenvalue weighted by Crippen LogP contribution is 2.18. The summed E-state index contributed by atoms with van der Waals surface area (Å²) in [6.07, 6.45) is 0. The number of halogens is 2. The Balaban J connectivity index is 2.04. The third kappa shape index (κ3) is 3.29. The largest absolute Gasteiger partial charge is 0.489 e. The molecule has 2 rings (SSSR count). The summed E-state index contributed by atoms with van der Waals surface area (Å²) in [5.41, 5.74) is 6.91. The molecule has 4 heteroatoms. The van der Waals surface area contributed by atoms with Crippen LogP contribution < -0.4 is 10.5 Å². The van der Waals surface area contributed by atoms with Gasteiger partial charge in [-0.2, -0.15) is 0 Å². The number of nitrogens with two attached hydrogens (primary N) is 1. The van der Waals surface area contributed by atoms with Gasteiger partial charge in [-0.3, -0.25) is 0 Å². The molecule has 1 atom stereocenters. The summed E-state index contributed by atoms with van der Waals surface area (Å²) in [5, 5.41) is 0. The lowest BCUT2D eigenvalue weighted by Gasteiger charge is -2.09. The van der Waals surface area contributed by atoms with Gasteiger partial charge in [0.2, 0.25) is 0 Å². The van der Waals surface area contributed by atoms with Gasteiger partial charge < -0.3 is 10.5 Å². The monoisotopic (exact) mass is 263 g/mol. The van der Waals surface area contributed by atoms with Crippen molar-refractivity contribution in [2.75, 3.05) is 0 Å². The van der Waals surface area contributed by atoms with E-state index in [2.05, 4.69) is 0 Å². The molecule has 0 spiro atoms. The molecule has 2 aromatic carbocycles. The SMILES string of the molecule is CC(N)c1ccc(OCc2cccc(F)c2F)cc1. The van der Waals surface area contributed by atoms with E-state index in [1.54, 1.807) is 12.1 Å². The molecule has 2 N–H and O–H groups in total. The third-order valence-corrected chi connectivity index (χ3v) is 2.83. The van der Waals surface area contributed by atoms with Crippen molar-refractivity contribution < 1.29 is 13.5 Å². The Bertz CT molecular complexity index is 553. The topological polar surface area (TPSA) is 35.2 Å². The van der Waals surface area contributed by atoms with E-state index in [0.717, 1.165) is 11.6 Å². The van der Waals surface area contributed by atoms with Gasteiger partial charge in [0.1, 0.15) is 12.4 Å². The van der Waals surface area contributed by atoms with Gasteiger partial charge >= 0.3 is 0 Å². The Labute approximate surface area is 110 Å². The highest BCUT2D eigenvalue weighted by Gasteiger charge is 2.08. The number of ether oxygens (including phenoxy) is 1. The average molecular weight is 263 g/mol. The molecule has 0 aliphatic carbocycles. The molecule has 0 amide bonds. The maximum absolute atomic E-state index is 13.4. The Morgan fingerprint density at radius 2 is 1.79 bits per heavy atom. The highest BCUT2D eigenvalue weighted by atomic mass is 19.2. The summed E-state index contributed by atoms with van der Waals surface area (Å²) in [6.45, 7) is 1.87. The smallest absolute Gasteiger partial charge is 0.165 e. The van der Waals surface area contributed by atoms with Crippen molar-refractivity contribution in [3.8, 4) is 5.75 Å². The van der Waals surface area contributed by atoms with E-state index in [4.69, 9.17) is 10.5 Å². The molecule has 0 saturated carbocycles. The van der Waals surface area contributed by atoms with Crippen LogP contribution in [0.25, 0.3) is 0 Å². The first-order valence-electron chi connectivity index (χ1n) is 5.99. The van der Waals surface area contributed by atoms with Crippen molar-refractivity contribution >= 4 is 0 Å². The van der Waals surface area contributed by atoms with Crippen LogP contribution in [0.4, 0.5) is 8.78 Å². The van der Waals surface area contributed by atoms with E-state index >= 15 is 0 Å². The standard InChI is InChI=1S/C15H15F2NO/c1-10(18)11-5-7-13(8-6-11)19-9-12-3-2-4-14(16)15(12)17/h2-8,10H,9,18H2,1H3. The predicted octanol–water partition coefficient (Wildman–Crippen LogP) is 3.56. The second kappa shape index (κ2) is 5.80. The fourth-order valence-electron chi connectivity index (χ4n) is 1.69. The van der Waals surface area contributed by atoms with Gasteiger partial charge in [0, 0.05) is 11.6 Å². The first-order valence-corrected chi connectivity index (χ1v) is 5.99. The first-order chi connectivity index (χ1) is 9.08.